The Morgan fingerprint density at radius 1 is 1.14 bits per heavy atom. The van der Waals surface area contributed by atoms with Crippen LogP contribution >= 0.6 is 11.6 Å². The van der Waals surface area contributed by atoms with E-state index in [0.717, 1.165) is 16.7 Å². The highest BCUT2D eigenvalue weighted by Crippen LogP contribution is 2.35. The third kappa shape index (κ3) is 3.87. The van der Waals surface area contributed by atoms with Gasteiger partial charge in [-0.05, 0) is 47.9 Å². The molecule has 1 aliphatic rings. The summed E-state index contributed by atoms with van der Waals surface area (Å²) in [4.78, 5) is 32.0. The Balaban J connectivity index is 1.61. The van der Waals surface area contributed by atoms with E-state index in [0.29, 0.717) is 17.1 Å². The second-order valence-electron chi connectivity index (χ2n) is 7.07. The van der Waals surface area contributed by atoms with E-state index in [-0.39, 0.29) is 17.9 Å². The second-order valence-corrected chi connectivity index (χ2v) is 7.50. The predicted molar refractivity (Wildman–Crippen MR) is 111 cm³/mol. The first-order valence-electron chi connectivity index (χ1n) is 9.39. The molecule has 0 saturated carbocycles. The van der Waals surface area contributed by atoms with E-state index in [2.05, 4.69) is 10.3 Å². The number of nitrogens with zero attached hydrogens (tertiary/aromatic N) is 2. The molecule has 4 rings (SSSR count). The monoisotopic (exact) mass is 405 g/mol. The van der Waals surface area contributed by atoms with Crippen molar-refractivity contribution in [2.75, 3.05) is 0 Å². The smallest absolute Gasteiger partial charge is 0.255 e. The molecule has 0 fully saturated rings. The molecule has 0 saturated heterocycles. The molecule has 6 heteroatoms. The van der Waals surface area contributed by atoms with Crippen LogP contribution in [0.2, 0.25) is 5.02 Å². The van der Waals surface area contributed by atoms with Crippen molar-refractivity contribution in [2.45, 2.75) is 25.6 Å². The fourth-order valence-corrected chi connectivity index (χ4v) is 3.76. The van der Waals surface area contributed by atoms with Gasteiger partial charge in [0, 0.05) is 29.5 Å². The van der Waals surface area contributed by atoms with Crippen LogP contribution in [0.25, 0.3) is 0 Å². The van der Waals surface area contributed by atoms with Crippen LogP contribution in [0, 0.1) is 0 Å². The average molecular weight is 406 g/mol. The van der Waals surface area contributed by atoms with Gasteiger partial charge in [-0.1, -0.05) is 48.0 Å². The van der Waals surface area contributed by atoms with Crippen LogP contribution < -0.4 is 5.32 Å². The fraction of sp³-hybridized carbons (Fsp3) is 0.174. The number of carbonyl (C=O) groups excluding carboxylic acids is 2. The first-order valence-corrected chi connectivity index (χ1v) is 9.77. The number of fused-ring (bicyclic) bond motifs is 1. The van der Waals surface area contributed by atoms with Gasteiger partial charge in [0.05, 0.1) is 6.04 Å². The SMILES string of the molecule is CC(NC(=O)C1c2ccccc2C(=O)N1Cc1cccnc1)c1ccc(Cl)cc1. The minimum Gasteiger partial charge on any atom is -0.347 e. The summed E-state index contributed by atoms with van der Waals surface area (Å²) in [6, 6.07) is 17.4. The number of carbonyl (C=O) groups is 2. The van der Waals surface area contributed by atoms with Gasteiger partial charge in [0.1, 0.15) is 6.04 Å². The Morgan fingerprint density at radius 2 is 1.90 bits per heavy atom. The lowest BCUT2D eigenvalue weighted by molar-refractivity contribution is -0.126. The highest BCUT2D eigenvalue weighted by molar-refractivity contribution is 6.30. The highest BCUT2D eigenvalue weighted by atomic mass is 35.5. The van der Waals surface area contributed by atoms with Crippen LogP contribution in [0.15, 0.2) is 73.1 Å². The van der Waals surface area contributed by atoms with Crippen LogP contribution in [0.4, 0.5) is 0 Å². The number of aromatic nitrogens is 1. The maximum absolute atomic E-state index is 13.3. The largest absolute Gasteiger partial charge is 0.347 e. The molecule has 0 spiro atoms. The minimum atomic E-state index is -0.686. The van der Waals surface area contributed by atoms with E-state index in [4.69, 9.17) is 11.6 Å². The van der Waals surface area contributed by atoms with Gasteiger partial charge >= 0.3 is 0 Å². The number of nitrogens with one attached hydrogen (secondary N) is 1. The quantitative estimate of drug-likeness (QED) is 0.688. The van der Waals surface area contributed by atoms with Gasteiger partial charge in [-0.3, -0.25) is 14.6 Å². The summed E-state index contributed by atoms with van der Waals surface area (Å²) in [6.07, 6.45) is 3.39. The van der Waals surface area contributed by atoms with Crippen LogP contribution in [0.3, 0.4) is 0 Å². The Labute approximate surface area is 174 Å². The molecule has 1 aromatic heterocycles. The molecule has 146 valence electrons. The van der Waals surface area contributed by atoms with Crippen molar-refractivity contribution >= 4 is 23.4 Å². The molecule has 0 aliphatic carbocycles. The summed E-state index contributed by atoms with van der Waals surface area (Å²) in [5, 5.41) is 3.69. The molecule has 2 aromatic carbocycles. The Morgan fingerprint density at radius 3 is 2.62 bits per heavy atom. The molecule has 2 atom stereocenters. The van der Waals surface area contributed by atoms with E-state index in [1.807, 2.05) is 49.4 Å². The second kappa shape index (κ2) is 8.05. The molecular formula is C23H20ClN3O2. The zero-order valence-corrected chi connectivity index (χ0v) is 16.6. The van der Waals surface area contributed by atoms with E-state index in [1.54, 1.807) is 35.5 Å². The number of hydrogen-bond donors (Lipinski definition) is 1. The Kier molecular flexibility index (Phi) is 5.32. The number of benzene rings is 2. The molecule has 2 heterocycles. The molecule has 29 heavy (non-hydrogen) atoms. The molecule has 0 bridgehead atoms. The van der Waals surface area contributed by atoms with Gasteiger partial charge in [-0.15, -0.1) is 0 Å². The fourth-order valence-electron chi connectivity index (χ4n) is 3.63. The van der Waals surface area contributed by atoms with Crippen molar-refractivity contribution in [3.05, 3.63) is 100 Å². The maximum Gasteiger partial charge on any atom is 0.255 e. The maximum atomic E-state index is 13.3. The third-order valence-electron chi connectivity index (χ3n) is 5.11. The summed E-state index contributed by atoms with van der Waals surface area (Å²) in [7, 11) is 0. The number of pyridine rings is 1. The highest BCUT2D eigenvalue weighted by Gasteiger charge is 2.41. The lowest BCUT2D eigenvalue weighted by atomic mass is 10.0. The predicted octanol–water partition coefficient (Wildman–Crippen LogP) is 4.31. The van der Waals surface area contributed by atoms with E-state index in [9.17, 15) is 9.59 Å². The molecule has 2 unspecified atom stereocenters. The topological polar surface area (TPSA) is 62.3 Å². The minimum absolute atomic E-state index is 0.149. The lowest BCUT2D eigenvalue weighted by Gasteiger charge is -2.26. The summed E-state index contributed by atoms with van der Waals surface area (Å²) in [6.45, 7) is 2.23. The number of amides is 2. The molecule has 1 N–H and O–H groups in total. The Bertz CT molecular complexity index is 1040. The standard InChI is InChI=1S/C23H20ClN3O2/c1-15(17-8-10-18(24)11-9-17)26-22(28)21-19-6-2-3-7-20(19)23(29)27(21)14-16-5-4-12-25-13-16/h2-13,15,21H,14H2,1H3,(H,26,28). The van der Waals surface area contributed by atoms with Crippen molar-refractivity contribution in [1.29, 1.82) is 0 Å². The van der Waals surface area contributed by atoms with E-state index < -0.39 is 6.04 Å². The van der Waals surface area contributed by atoms with Crippen molar-refractivity contribution in [2.24, 2.45) is 0 Å². The number of hydrogen-bond acceptors (Lipinski definition) is 3. The third-order valence-corrected chi connectivity index (χ3v) is 5.36. The van der Waals surface area contributed by atoms with Crippen LogP contribution in [-0.4, -0.2) is 21.7 Å². The molecule has 0 radical (unpaired) electrons. The number of rotatable bonds is 5. The lowest BCUT2D eigenvalue weighted by Crippen LogP contribution is -2.39. The molecule has 3 aromatic rings. The first kappa shape index (κ1) is 19.2. The van der Waals surface area contributed by atoms with Gasteiger partial charge in [0.25, 0.3) is 5.91 Å². The zero-order chi connectivity index (χ0) is 20.4. The van der Waals surface area contributed by atoms with Crippen molar-refractivity contribution in [3.63, 3.8) is 0 Å². The summed E-state index contributed by atoms with van der Waals surface area (Å²) < 4.78 is 0. The van der Waals surface area contributed by atoms with Crippen molar-refractivity contribution in [1.82, 2.24) is 15.2 Å². The summed E-state index contributed by atoms with van der Waals surface area (Å²) in [5.41, 5.74) is 3.11. The normalized spacial score (nSPS) is 16.4. The summed E-state index contributed by atoms with van der Waals surface area (Å²) in [5.74, 6) is -0.363. The molecule has 2 amide bonds. The van der Waals surface area contributed by atoms with Crippen molar-refractivity contribution < 1.29 is 9.59 Å². The Hall–Kier alpha value is -3.18. The van der Waals surface area contributed by atoms with Crippen LogP contribution in [0.1, 0.15) is 46.1 Å². The summed E-state index contributed by atoms with van der Waals surface area (Å²) >= 11 is 5.96. The molecule has 1 aliphatic heterocycles. The van der Waals surface area contributed by atoms with E-state index in [1.165, 1.54) is 0 Å². The van der Waals surface area contributed by atoms with Crippen molar-refractivity contribution in [3.8, 4) is 0 Å². The molecule has 5 nitrogen and oxygen atoms in total. The van der Waals surface area contributed by atoms with Crippen LogP contribution in [-0.2, 0) is 11.3 Å². The van der Waals surface area contributed by atoms with Gasteiger partial charge in [-0.2, -0.15) is 0 Å². The van der Waals surface area contributed by atoms with Crippen LogP contribution in [0.5, 0.6) is 0 Å². The molecular weight excluding hydrogens is 386 g/mol. The number of halogens is 1. The van der Waals surface area contributed by atoms with Gasteiger partial charge < -0.3 is 10.2 Å². The average Bonchev–Trinajstić information content (AvgIpc) is 3.01. The van der Waals surface area contributed by atoms with Gasteiger partial charge in [0.2, 0.25) is 5.91 Å². The van der Waals surface area contributed by atoms with Gasteiger partial charge in [-0.25, -0.2) is 0 Å². The van der Waals surface area contributed by atoms with Gasteiger partial charge in [0.15, 0.2) is 0 Å². The zero-order valence-electron chi connectivity index (χ0n) is 15.9. The van der Waals surface area contributed by atoms with E-state index >= 15 is 0 Å². The first-order chi connectivity index (χ1) is 14.0.